The molecular weight excluding hydrogens is 348 g/mol. The van der Waals surface area contributed by atoms with Gasteiger partial charge in [-0.05, 0) is 46.5 Å². The minimum absolute atomic E-state index is 0.0149. The number of nitrogens with one attached hydrogen (secondary N) is 1. The summed E-state index contributed by atoms with van der Waals surface area (Å²) in [5.41, 5.74) is -0.585. The Morgan fingerprint density at radius 1 is 1.22 bits per heavy atom. The summed E-state index contributed by atoms with van der Waals surface area (Å²) in [6.45, 7) is 12.2. The van der Waals surface area contributed by atoms with Crippen molar-refractivity contribution < 1.29 is 23.9 Å². The Labute approximate surface area is 163 Å². The van der Waals surface area contributed by atoms with E-state index in [0.717, 1.165) is 12.8 Å². The van der Waals surface area contributed by atoms with Gasteiger partial charge in [-0.1, -0.05) is 13.3 Å². The standard InChI is InChI=1S/C20H36N2O5/c1-8-9-15(13(2)21-14(3)23)11-22-12-16(18(24)26-7)10-17(22)19(25)27-20(4,5)6/h13,15-17H,8-12H2,1-7H3,(H,21,23)/t13?,15-,16?,17?/m0/s1. The van der Waals surface area contributed by atoms with Crippen molar-refractivity contribution >= 4 is 17.8 Å². The van der Waals surface area contributed by atoms with Crippen LogP contribution in [0, 0.1) is 11.8 Å². The largest absolute Gasteiger partial charge is 0.469 e. The molecule has 1 amide bonds. The molecule has 0 bridgehead atoms. The van der Waals surface area contributed by atoms with Crippen molar-refractivity contribution in [1.82, 2.24) is 10.2 Å². The van der Waals surface area contributed by atoms with Gasteiger partial charge in [-0.3, -0.25) is 19.3 Å². The number of likely N-dealkylation sites (tertiary alicyclic amines) is 1. The molecule has 0 radical (unpaired) electrons. The lowest BCUT2D eigenvalue weighted by Gasteiger charge is -2.32. The number of carbonyl (C=O) groups is 3. The van der Waals surface area contributed by atoms with E-state index in [1.165, 1.54) is 14.0 Å². The second-order valence-electron chi connectivity index (χ2n) is 8.50. The van der Waals surface area contributed by atoms with Crippen molar-refractivity contribution in [2.24, 2.45) is 11.8 Å². The van der Waals surface area contributed by atoms with E-state index in [1.54, 1.807) is 0 Å². The molecule has 1 heterocycles. The summed E-state index contributed by atoms with van der Waals surface area (Å²) >= 11 is 0. The first-order valence-electron chi connectivity index (χ1n) is 9.80. The monoisotopic (exact) mass is 384 g/mol. The molecule has 1 N–H and O–H groups in total. The molecule has 156 valence electrons. The predicted octanol–water partition coefficient (Wildman–Crippen LogP) is 2.13. The molecule has 0 aliphatic carbocycles. The summed E-state index contributed by atoms with van der Waals surface area (Å²) in [5, 5.41) is 2.96. The Kier molecular flexibility index (Phi) is 8.72. The Hall–Kier alpha value is -1.63. The molecule has 0 aromatic rings. The van der Waals surface area contributed by atoms with Crippen LogP contribution in [0.25, 0.3) is 0 Å². The van der Waals surface area contributed by atoms with Gasteiger partial charge in [-0.2, -0.15) is 0 Å². The first kappa shape index (κ1) is 23.4. The molecule has 3 unspecified atom stereocenters. The first-order valence-corrected chi connectivity index (χ1v) is 9.80. The zero-order valence-electron chi connectivity index (χ0n) is 17.8. The quantitative estimate of drug-likeness (QED) is 0.646. The number of hydrogen-bond donors (Lipinski definition) is 1. The highest BCUT2D eigenvalue weighted by Gasteiger charge is 2.43. The number of amides is 1. The van der Waals surface area contributed by atoms with E-state index >= 15 is 0 Å². The van der Waals surface area contributed by atoms with Crippen LogP contribution in [-0.2, 0) is 23.9 Å². The second kappa shape index (κ2) is 10.1. The van der Waals surface area contributed by atoms with Crippen molar-refractivity contribution in [2.45, 2.75) is 78.5 Å². The predicted molar refractivity (Wildman–Crippen MR) is 103 cm³/mol. The molecule has 27 heavy (non-hydrogen) atoms. The Morgan fingerprint density at radius 2 is 1.85 bits per heavy atom. The number of methoxy groups -OCH3 is 1. The van der Waals surface area contributed by atoms with E-state index in [0.29, 0.717) is 19.5 Å². The number of esters is 2. The van der Waals surface area contributed by atoms with Crippen LogP contribution in [-0.4, -0.2) is 60.6 Å². The van der Waals surface area contributed by atoms with Gasteiger partial charge in [0, 0.05) is 26.1 Å². The molecule has 0 aromatic heterocycles. The van der Waals surface area contributed by atoms with Crippen LogP contribution in [0.1, 0.15) is 60.8 Å². The fourth-order valence-electron chi connectivity index (χ4n) is 3.67. The molecule has 1 aliphatic rings. The van der Waals surface area contributed by atoms with Crippen molar-refractivity contribution in [3.8, 4) is 0 Å². The minimum atomic E-state index is -0.585. The SMILES string of the molecule is CCC[C@@H](CN1CC(C(=O)OC)CC1C(=O)OC(C)(C)C)C(C)NC(C)=O. The third-order valence-corrected chi connectivity index (χ3v) is 4.88. The summed E-state index contributed by atoms with van der Waals surface area (Å²) < 4.78 is 10.5. The van der Waals surface area contributed by atoms with E-state index in [9.17, 15) is 14.4 Å². The zero-order chi connectivity index (χ0) is 20.8. The van der Waals surface area contributed by atoms with Crippen molar-refractivity contribution in [3.05, 3.63) is 0 Å². The van der Waals surface area contributed by atoms with Gasteiger partial charge >= 0.3 is 11.9 Å². The van der Waals surface area contributed by atoms with Gasteiger partial charge in [0.15, 0.2) is 0 Å². The topological polar surface area (TPSA) is 84.9 Å². The number of nitrogens with zero attached hydrogens (tertiary/aromatic N) is 1. The third kappa shape index (κ3) is 7.48. The Bertz CT molecular complexity index is 529. The van der Waals surface area contributed by atoms with Gasteiger partial charge in [0.05, 0.1) is 13.0 Å². The zero-order valence-corrected chi connectivity index (χ0v) is 17.8. The van der Waals surface area contributed by atoms with Crippen molar-refractivity contribution in [1.29, 1.82) is 0 Å². The van der Waals surface area contributed by atoms with Crippen molar-refractivity contribution in [2.75, 3.05) is 20.2 Å². The molecular formula is C20H36N2O5. The maximum atomic E-state index is 12.7. The lowest BCUT2D eigenvalue weighted by molar-refractivity contribution is -0.160. The lowest BCUT2D eigenvalue weighted by Crippen LogP contribution is -2.47. The Morgan fingerprint density at radius 3 is 2.33 bits per heavy atom. The number of rotatable bonds is 8. The van der Waals surface area contributed by atoms with Crippen LogP contribution < -0.4 is 5.32 Å². The average Bonchev–Trinajstić information content (AvgIpc) is 2.95. The van der Waals surface area contributed by atoms with E-state index in [2.05, 4.69) is 12.2 Å². The van der Waals surface area contributed by atoms with Gasteiger partial charge in [-0.25, -0.2) is 0 Å². The summed E-state index contributed by atoms with van der Waals surface area (Å²) in [4.78, 5) is 38.2. The maximum Gasteiger partial charge on any atom is 0.323 e. The van der Waals surface area contributed by atoms with Crippen molar-refractivity contribution in [3.63, 3.8) is 0 Å². The smallest absolute Gasteiger partial charge is 0.323 e. The lowest BCUT2D eigenvalue weighted by atomic mass is 9.95. The maximum absolute atomic E-state index is 12.7. The van der Waals surface area contributed by atoms with Gasteiger partial charge in [-0.15, -0.1) is 0 Å². The van der Waals surface area contributed by atoms with Crippen LogP contribution >= 0.6 is 0 Å². The molecule has 7 nitrogen and oxygen atoms in total. The van der Waals surface area contributed by atoms with Crippen LogP contribution in [0.15, 0.2) is 0 Å². The number of hydrogen-bond acceptors (Lipinski definition) is 6. The van der Waals surface area contributed by atoms with E-state index < -0.39 is 11.6 Å². The molecule has 1 saturated heterocycles. The summed E-state index contributed by atoms with van der Waals surface area (Å²) in [6, 6.07) is -0.490. The van der Waals surface area contributed by atoms with Crippen LogP contribution in [0.3, 0.4) is 0 Å². The fraction of sp³-hybridized carbons (Fsp3) is 0.850. The fourth-order valence-corrected chi connectivity index (χ4v) is 3.67. The highest BCUT2D eigenvalue weighted by atomic mass is 16.6. The Balaban J connectivity index is 2.96. The second-order valence-corrected chi connectivity index (χ2v) is 8.50. The molecule has 0 saturated carbocycles. The van der Waals surface area contributed by atoms with Gasteiger partial charge < -0.3 is 14.8 Å². The molecule has 1 fully saturated rings. The van der Waals surface area contributed by atoms with E-state index in [1.807, 2.05) is 32.6 Å². The highest BCUT2D eigenvalue weighted by Crippen LogP contribution is 2.29. The minimum Gasteiger partial charge on any atom is -0.469 e. The van der Waals surface area contributed by atoms with Gasteiger partial charge in [0.1, 0.15) is 11.6 Å². The van der Waals surface area contributed by atoms with Gasteiger partial charge in [0.25, 0.3) is 0 Å². The third-order valence-electron chi connectivity index (χ3n) is 4.88. The first-order chi connectivity index (χ1) is 12.5. The average molecular weight is 385 g/mol. The molecule has 0 aromatic carbocycles. The number of ether oxygens (including phenoxy) is 2. The highest BCUT2D eigenvalue weighted by molar-refractivity contribution is 5.80. The van der Waals surface area contributed by atoms with Crippen LogP contribution in [0.2, 0.25) is 0 Å². The molecule has 1 rings (SSSR count). The summed E-state index contributed by atoms with van der Waals surface area (Å²) in [6.07, 6.45) is 2.29. The van der Waals surface area contributed by atoms with E-state index in [-0.39, 0.29) is 35.7 Å². The van der Waals surface area contributed by atoms with Crippen LogP contribution in [0.5, 0.6) is 0 Å². The normalized spacial score (nSPS) is 22.8. The molecule has 4 atom stereocenters. The molecule has 1 aliphatic heterocycles. The molecule has 0 spiro atoms. The number of carbonyl (C=O) groups excluding carboxylic acids is 3. The van der Waals surface area contributed by atoms with E-state index in [4.69, 9.17) is 9.47 Å². The van der Waals surface area contributed by atoms with Gasteiger partial charge in [0.2, 0.25) is 5.91 Å². The summed E-state index contributed by atoms with van der Waals surface area (Å²) in [7, 11) is 1.37. The molecule has 7 heteroatoms. The summed E-state index contributed by atoms with van der Waals surface area (Å²) in [5.74, 6) is -0.836. The van der Waals surface area contributed by atoms with Crippen LogP contribution in [0.4, 0.5) is 0 Å².